The number of hydrogen-bond donors (Lipinski definition) is 4. The Balaban J connectivity index is 2.96. The number of rotatable bonds is 0. The maximum absolute atomic E-state index is 11.1. The predicted molar refractivity (Wildman–Crippen MR) is 48.6 cm³/mol. The van der Waals surface area contributed by atoms with Crippen molar-refractivity contribution >= 4 is 22.4 Å². The van der Waals surface area contributed by atoms with Crippen molar-refractivity contribution in [1.29, 1.82) is 0 Å². The number of aromatic hydroxyl groups is 1. The Morgan fingerprint density at radius 1 is 1.36 bits per heavy atom. The van der Waals surface area contributed by atoms with E-state index in [0.717, 1.165) is 0 Å². The van der Waals surface area contributed by atoms with Gasteiger partial charge < -0.3 is 21.3 Å². The molecule has 1 aromatic carbocycles. The first-order valence-corrected chi connectivity index (χ1v) is 3.74. The second-order valence-corrected chi connectivity index (χ2v) is 2.88. The van der Waals surface area contributed by atoms with E-state index in [2.05, 4.69) is 0 Å². The first kappa shape index (κ1) is 8.30. The molecule has 0 aliphatic rings. The zero-order valence-corrected chi connectivity index (χ0v) is 7.01. The van der Waals surface area contributed by atoms with E-state index in [-0.39, 0.29) is 33.0 Å². The highest BCUT2D eigenvalue weighted by Gasteiger charge is 2.16. The van der Waals surface area contributed by atoms with Gasteiger partial charge in [-0.05, 0) is 17.0 Å². The number of nitrogens with zero attached hydrogens (tertiary/aromatic N) is 2. The normalized spacial score (nSPS) is 10.9. The summed E-state index contributed by atoms with van der Waals surface area (Å²) in [6.07, 6.45) is 0. The van der Waals surface area contributed by atoms with Crippen molar-refractivity contribution < 1.29 is 15.2 Å². The first-order valence-electron chi connectivity index (χ1n) is 3.74. The van der Waals surface area contributed by atoms with Crippen LogP contribution in [0.4, 0.5) is 11.5 Å². The largest absolute Gasteiger partial charge is 0.690 e. The van der Waals surface area contributed by atoms with Crippen LogP contribution in [0.2, 0.25) is 0 Å². The Morgan fingerprint density at radius 2 is 2.00 bits per heavy atom. The lowest BCUT2D eigenvalue weighted by atomic mass is 10.2. The molecule has 0 amide bonds. The van der Waals surface area contributed by atoms with Gasteiger partial charge >= 0.3 is 5.82 Å². The molecule has 0 fully saturated rings. The fourth-order valence-electron chi connectivity index (χ4n) is 1.27. The van der Waals surface area contributed by atoms with E-state index in [1.54, 1.807) is 0 Å². The van der Waals surface area contributed by atoms with Gasteiger partial charge in [0.15, 0.2) is 0 Å². The van der Waals surface area contributed by atoms with Crippen LogP contribution in [-0.2, 0) is 0 Å². The molecule has 0 unspecified atom stereocenters. The standard InChI is InChI=1S/C7H8N4O3/c8-4-2-5-3(1-6(4)12)7(9)11(14)10(5)13/h1-2,12-13H,8-9H2. The molecule has 2 rings (SSSR count). The van der Waals surface area contributed by atoms with Gasteiger partial charge in [0.2, 0.25) is 0 Å². The van der Waals surface area contributed by atoms with Crippen molar-refractivity contribution in [3.05, 3.63) is 17.3 Å². The summed E-state index contributed by atoms with van der Waals surface area (Å²) < 4.78 is 0. The summed E-state index contributed by atoms with van der Waals surface area (Å²) in [7, 11) is 0. The fraction of sp³-hybridized carbons (Fsp3) is 0. The first-order chi connectivity index (χ1) is 6.52. The monoisotopic (exact) mass is 196 g/mol. The zero-order valence-electron chi connectivity index (χ0n) is 7.01. The molecule has 6 N–H and O–H groups in total. The summed E-state index contributed by atoms with van der Waals surface area (Å²) in [5.74, 6) is -0.381. The molecular weight excluding hydrogens is 188 g/mol. The van der Waals surface area contributed by atoms with Gasteiger partial charge in [-0.3, -0.25) is 5.73 Å². The SMILES string of the molecule is Nc1cc2c(cc1O)c(N)[n+]([O-])n2O. The molecule has 0 spiro atoms. The number of anilines is 2. The number of benzene rings is 1. The van der Waals surface area contributed by atoms with Gasteiger partial charge in [-0.1, -0.05) is 0 Å². The fourth-order valence-corrected chi connectivity index (χ4v) is 1.27. The Labute approximate surface area is 77.9 Å². The maximum Gasteiger partial charge on any atom is 0.307 e. The van der Waals surface area contributed by atoms with Gasteiger partial charge in [0.25, 0.3) is 0 Å². The van der Waals surface area contributed by atoms with E-state index in [1.165, 1.54) is 12.1 Å². The number of aromatic nitrogens is 2. The summed E-state index contributed by atoms with van der Waals surface area (Å²) in [5.41, 5.74) is 11.0. The molecule has 7 nitrogen and oxygen atoms in total. The van der Waals surface area contributed by atoms with Gasteiger partial charge in [-0.25, -0.2) is 0 Å². The van der Waals surface area contributed by atoms with Crippen molar-refractivity contribution in [1.82, 2.24) is 4.85 Å². The molecule has 0 saturated carbocycles. The van der Waals surface area contributed by atoms with E-state index >= 15 is 0 Å². The Hall–Kier alpha value is -2.31. The van der Waals surface area contributed by atoms with Crippen LogP contribution >= 0.6 is 0 Å². The van der Waals surface area contributed by atoms with Gasteiger partial charge in [0.05, 0.1) is 5.69 Å². The molecule has 2 aromatic rings. The molecule has 0 aliphatic heterocycles. The Bertz CT molecular complexity index is 474. The van der Waals surface area contributed by atoms with Gasteiger partial charge in [0.1, 0.15) is 16.7 Å². The Kier molecular flexibility index (Phi) is 1.39. The molecule has 0 bridgehead atoms. The van der Waals surface area contributed by atoms with Crippen LogP contribution in [0, 0.1) is 5.21 Å². The van der Waals surface area contributed by atoms with Gasteiger partial charge in [-0.2, -0.15) is 0 Å². The van der Waals surface area contributed by atoms with Crippen LogP contribution in [-0.4, -0.2) is 15.2 Å². The van der Waals surface area contributed by atoms with E-state index < -0.39 is 0 Å². The summed E-state index contributed by atoms with van der Waals surface area (Å²) in [5, 5.41) is 29.8. The zero-order chi connectivity index (χ0) is 10.5. The molecular formula is C7H8N4O3. The topological polar surface area (TPSA) is 124 Å². The van der Waals surface area contributed by atoms with Crippen molar-refractivity contribution in [2.75, 3.05) is 11.5 Å². The highest BCUT2D eigenvalue weighted by molar-refractivity contribution is 5.91. The van der Waals surface area contributed by atoms with Crippen LogP contribution in [0.25, 0.3) is 10.9 Å². The minimum atomic E-state index is -0.196. The van der Waals surface area contributed by atoms with Crippen molar-refractivity contribution in [2.45, 2.75) is 0 Å². The number of phenolic OH excluding ortho intramolecular Hbond substituents is 1. The minimum absolute atomic E-state index is 0.0610. The third kappa shape index (κ3) is 0.830. The van der Waals surface area contributed by atoms with Crippen LogP contribution in [0.5, 0.6) is 5.75 Å². The lowest BCUT2D eigenvalue weighted by Crippen LogP contribution is -2.38. The molecule has 0 atom stereocenters. The molecule has 14 heavy (non-hydrogen) atoms. The molecule has 1 heterocycles. The smallest absolute Gasteiger partial charge is 0.307 e. The quantitative estimate of drug-likeness (QED) is 0.147. The second-order valence-electron chi connectivity index (χ2n) is 2.88. The molecule has 1 aromatic heterocycles. The average Bonchev–Trinajstić information content (AvgIpc) is 2.34. The molecule has 0 radical (unpaired) electrons. The molecule has 0 saturated heterocycles. The molecule has 74 valence electrons. The van der Waals surface area contributed by atoms with Crippen LogP contribution in [0.15, 0.2) is 12.1 Å². The number of hydrogen-bond acceptors (Lipinski definition) is 5. The van der Waals surface area contributed by atoms with Crippen molar-refractivity contribution in [2.24, 2.45) is 0 Å². The molecule has 0 aliphatic carbocycles. The average molecular weight is 196 g/mol. The van der Waals surface area contributed by atoms with Crippen LogP contribution < -0.4 is 16.3 Å². The third-order valence-electron chi connectivity index (χ3n) is 2.01. The van der Waals surface area contributed by atoms with Crippen molar-refractivity contribution in [3.63, 3.8) is 0 Å². The van der Waals surface area contributed by atoms with E-state index in [0.29, 0.717) is 4.85 Å². The summed E-state index contributed by atoms with van der Waals surface area (Å²) in [6.45, 7) is 0. The van der Waals surface area contributed by atoms with E-state index in [9.17, 15) is 15.5 Å². The lowest BCUT2D eigenvalue weighted by Gasteiger charge is -2.00. The summed E-state index contributed by atoms with van der Waals surface area (Å²) >= 11 is 0. The highest BCUT2D eigenvalue weighted by Crippen LogP contribution is 2.28. The number of fused-ring (bicyclic) bond motifs is 1. The predicted octanol–water partition coefficient (Wildman–Crippen LogP) is -0.618. The maximum atomic E-state index is 11.1. The van der Waals surface area contributed by atoms with Crippen molar-refractivity contribution in [3.8, 4) is 5.75 Å². The lowest BCUT2D eigenvalue weighted by molar-refractivity contribution is -0.709. The van der Waals surface area contributed by atoms with E-state index in [4.69, 9.17) is 11.5 Å². The second kappa shape index (κ2) is 2.34. The summed E-state index contributed by atoms with van der Waals surface area (Å²) in [4.78, 5) is 0.421. The van der Waals surface area contributed by atoms with Gasteiger partial charge in [-0.15, -0.1) is 4.85 Å². The number of phenols is 1. The number of nitrogen functional groups attached to an aromatic ring is 2. The molecule has 7 heteroatoms. The number of nitrogens with two attached hydrogens (primary N) is 2. The summed E-state index contributed by atoms with van der Waals surface area (Å²) in [6, 6.07) is 2.48. The van der Waals surface area contributed by atoms with Crippen LogP contribution in [0.3, 0.4) is 0 Å². The van der Waals surface area contributed by atoms with E-state index in [1.807, 2.05) is 0 Å². The third-order valence-corrected chi connectivity index (χ3v) is 2.01. The minimum Gasteiger partial charge on any atom is -0.690 e. The Morgan fingerprint density at radius 3 is 2.64 bits per heavy atom. The van der Waals surface area contributed by atoms with Gasteiger partial charge in [0, 0.05) is 0 Å². The van der Waals surface area contributed by atoms with Crippen LogP contribution in [0.1, 0.15) is 0 Å². The highest BCUT2D eigenvalue weighted by atomic mass is 16.6.